The van der Waals surface area contributed by atoms with Gasteiger partial charge in [0, 0.05) is 12.0 Å². The molecule has 1 aromatic rings. The summed E-state index contributed by atoms with van der Waals surface area (Å²) in [5.74, 6) is -0.475. The van der Waals surface area contributed by atoms with E-state index in [4.69, 9.17) is 18.9 Å². The third kappa shape index (κ3) is 3.76. The lowest BCUT2D eigenvalue weighted by Gasteiger charge is -2.19. The molecule has 7 nitrogen and oxygen atoms in total. The second kappa shape index (κ2) is 7.74. The number of benzene rings is 1. The fraction of sp³-hybridized carbons (Fsp3) is 0.333. The first-order valence-corrected chi connectivity index (χ1v) is 7.57. The number of allylic oxidation sites excluding steroid dienone is 1. The minimum Gasteiger partial charge on any atom is -0.507 e. The van der Waals surface area contributed by atoms with Gasteiger partial charge in [-0.2, -0.15) is 0 Å². The summed E-state index contributed by atoms with van der Waals surface area (Å²) >= 11 is 0. The number of esters is 1. The summed E-state index contributed by atoms with van der Waals surface area (Å²) in [5, 5.41) is 10.1. The van der Waals surface area contributed by atoms with Gasteiger partial charge >= 0.3 is 5.97 Å². The van der Waals surface area contributed by atoms with Gasteiger partial charge in [0.25, 0.3) is 0 Å². The molecule has 7 heteroatoms. The summed E-state index contributed by atoms with van der Waals surface area (Å²) in [6, 6.07) is 3.37. The Hall–Kier alpha value is -2.96. The van der Waals surface area contributed by atoms with Crippen LogP contribution in [0.4, 0.5) is 0 Å². The topological polar surface area (TPSA) is 91.3 Å². The van der Waals surface area contributed by atoms with Crippen molar-refractivity contribution in [1.29, 1.82) is 0 Å². The summed E-state index contributed by atoms with van der Waals surface area (Å²) in [7, 11) is 4.45. The lowest BCUT2D eigenvalue weighted by atomic mass is 10.0. The van der Waals surface area contributed by atoms with Crippen molar-refractivity contribution in [2.45, 2.75) is 19.4 Å². The number of hydrogen-bond acceptors (Lipinski definition) is 7. The average Bonchev–Trinajstić information content (AvgIpc) is 2.57. The van der Waals surface area contributed by atoms with Crippen molar-refractivity contribution >= 4 is 17.8 Å². The number of Topliss-reactive ketones (excluding diaryl/α,β-unsaturated/α-hetero) is 1. The molecule has 2 rings (SSSR count). The zero-order valence-corrected chi connectivity index (χ0v) is 14.5. The van der Waals surface area contributed by atoms with Crippen LogP contribution < -0.4 is 14.2 Å². The molecule has 1 aliphatic rings. The molecule has 25 heavy (non-hydrogen) atoms. The molecular formula is C18H20O7. The molecule has 1 fully saturated rings. The van der Waals surface area contributed by atoms with E-state index in [2.05, 4.69) is 0 Å². The van der Waals surface area contributed by atoms with E-state index in [1.807, 2.05) is 0 Å². The van der Waals surface area contributed by atoms with Gasteiger partial charge in [-0.25, -0.2) is 4.79 Å². The van der Waals surface area contributed by atoms with Crippen LogP contribution in [0.5, 0.6) is 17.2 Å². The van der Waals surface area contributed by atoms with Crippen LogP contribution in [0.2, 0.25) is 0 Å². The second-order valence-corrected chi connectivity index (χ2v) is 5.36. The van der Waals surface area contributed by atoms with E-state index < -0.39 is 23.6 Å². The van der Waals surface area contributed by atoms with Gasteiger partial charge in [-0.1, -0.05) is 0 Å². The molecule has 0 saturated carbocycles. The van der Waals surface area contributed by atoms with Crippen LogP contribution >= 0.6 is 0 Å². The molecule has 0 aliphatic carbocycles. The zero-order valence-electron chi connectivity index (χ0n) is 14.5. The highest BCUT2D eigenvalue weighted by atomic mass is 16.5. The molecular weight excluding hydrogens is 328 g/mol. The fourth-order valence-corrected chi connectivity index (χ4v) is 2.52. The van der Waals surface area contributed by atoms with Crippen LogP contribution in [0.25, 0.3) is 6.08 Å². The van der Waals surface area contributed by atoms with Crippen LogP contribution in [-0.2, 0) is 14.3 Å². The van der Waals surface area contributed by atoms with Crippen LogP contribution in [0, 0.1) is 0 Å². The number of ketones is 1. The molecule has 1 aromatic carbocycles. The van der Waals surface area contributed by atoms with Crippen LogP contribution in [-0.4, -0.2) is 44.3 Å². The molecule has 1 atom stereocenters. The molecule has 0 aromatic heterocycles. The first kappa shape index (κ1) is 18.4. The average molecular weight is 348 g/mol. The maximum atomic E-state index is 12.0. The predicted molar refractivity (Wildman–Crippen MR) is 90.0 cm³/mol. The molecule has 1 N–H and O–H groups in total. The zero-order chi connectivity index (χ0) is 18.6. The van der Waals surface area contributed by atoms with Gasteiger partial charge in [-0.05, 0) is 31.2 Å². The van der Waals surface area contributed by atoms with Crippen LogP contribution in [0.1, 0.15) is 18.9 Å². The Morgan fingerprint density at radius 3 is 2.40 bits per heavy atom. The van der Waals surface area contributed by atoms with E-state index in [-0.39, 0.29) is 12.0 Å². The molecule has 0 radical (unpaired) electrons. The number of carbonyl (C=O) groups excluding carboxylic acids is 2. The van der Waals surface area contributed by atoms with Crippen molar-refractivity contribution in [2.75, 3.05) is 21.3 Å². The van der Waals surface area contributed by atoms with Gasteiger partial charge in [0.1, 0.15) is 17.4 Å². The Labute approximate surface area is 145 Å². The number of rotatable bonds is 5. The van der Waals surface area contributed by atoms with E-state index in [0.717, 1.165) is 0 Å². The molecule has 0 bridgehead atoms. The third-order valence-corrected chi connectivity index (χ3v) is 3.68. The van der Waals surface area contributed by atoms with Gasteiger partial charge in [0.2, 0.25) is 5.75 Å². The maximum Gasteiger partial charge on any atom is 0.345 e. The summed E-state index contributed by atoms with van der Waals surface area (Å²) in [5.41, 5.74) is 0.214. The van der Waals surface area contributed by atoms with E-state index >= 15 is 0 Å². The highest BCUT2D eigenvalue weighted by Gasteiger charge is 2.32. The summed E-state index contributed by atoms with van der Waals surface area (Å²) < 4.78 is 20.8. The van der Waals surface area contributed by atoms with E-state index in [0.29, 0.717) is 22.8 Å². The molecule has 1 saturated heterocycles. The molecule has 0 spiro atoms. The van der Waals surface area contributed by atoms with E-state index in [1.165, 1.54) is 33.5 Å². The lowest BCUT2D eigenvalue weighted by Crippen LogP contribution is -2.31. The van der Waals surface area contributed by atoms with E-state index in [1.54, 1.807) is 19.1 Å². The highest BCUT2D eigenvalue weighted by molar-refractivity contribution is 6.19. The van der Waals surface area contributed by atoms with Gasteiger partial charge in [-0.3, -0.25) is 4.79 Å². The summed E-state index contributed by atoms with van der Waals surface area (Å²) in [6.07, 6.45) is 2.29. The Morgan fingerprint density at radius 1 is 1.16 bits per heavy atom. The molecule has 0 amide bonds. The van der Waals surface area contributed by atoms with Crippen molar-refractivity contribution in [1.82, 2.24) is 0 Å². The number of aliphatic hydroxyl groups is 1. The molecule has 1 unspecified atom stereocenters. The van der Waals surface area contributed by atoms with Crippen LogP contribution in [0.15, 0.2) is 29.5 Å². The first-order chi connectivity index (χ1) is 11.9. The smallest absolute Gasteiger partial charge is 0.345 e. The third-order valence-electron chi connectivity index (χ3n) is 3.68. The van der Waals surface area contributed by atoms with Crippen LogP contribution in [0.3, 0.4) is 0 Å². The Morgan fingerprint density at radius 2 is 1.84 bits per heavy atom. The molecule has 1 heterocycles. The first-order valence-electron chi connectivity index (χ1n) is 7.57. The van der Waals surface area contributed by atoms with Crippen molar-refractivity contribution in [2.24, 2.45) is 0 Å². The number of ether oxygens (including phenoxy) is 4. The Balaban J connectivity index is 2.40. The minimum absolute atomic E-state index is 0.0403. The number of carbonyl (C=O) groups is 2. The Kier molecular flexibility index (Phi) is 5.69. The lowest BCUT2D eigenvalue weighted by molar-refractivity contribution is -0.150. The van der Waals surface area contributed by atoms with Gasteiger partial charge in [0.15, 0.2) is 17.3 Å². The van der Waals surface area contributed by atoms with Crippen molar-refractivity contribution in [3.8, 4) is 17.2 Å². The van der Waals surface area contributed by atoms with Crippen molar-refractivity contribution in [3.63, 3.8) is 0 Å². The summed E-state index contributed by atoms with van der Waals surface area (Å²) in [6.45, 7) is 1.62. The quantitative estimate of drug-likeness (QED) is 0.378. The second-order valence-electron chi connectivity index (χ2n) is 5.36. The van der Waals surface area contributed by atoms with Crippen molar-refractivity contribution < 1.29 is 33.6 Å². The molecule has 1 aliphatic heterocycles. The standard InChI is InChI=1S/C18H20O7/c1-10-9-13(20)15(18(21)25-10)12(19)7-5-11-6-8-14(22-2)17(24-4)16(11)23-3/h5-8,10,19H,9H2,1-4H3. The number of aliphatic hydroxyl groups excluding tert-OH is 1. The van der Waals surface area contributed by atoms with Gasteiger partial charge in [-0.15, -0.1) is 0 Å². The number of cyclic esters (lactones) is 1. The summed E-state index contributed by atoms with van der Waals surface area (Å²) in [4.78, 5) is 23.8. The fourth-order valence-electron chi connectivity index (χ4n) is 2.52. The predicted octanol–water partition coefficient (Wildman–Crippen LogP) is 2.44. The maximum absolute atomic E-state index is 12.0. The monoisotopic (exact) mass is 348 g/mol. The van der Waals surface area contributed by atoms with Gasteiger partial charge in [0.05, 0.1) is 21.3 Å². The van der Waals surface area contributed by atoms with Gasteiger partial charge < -0.3 is 24.1 Å². The minimum atomic E-state index is -0.829. The highest BCUT2D eigenvalue weighted by Crippen LogP contribution is 2.40. The number of hydrogen-bond donors (Lipinski definition) is 1. The molecule has 134 valence electrons. The van der Waals surface area contributed by atoms with E-state index in [9.17, 15) is 14.7 Å². The van der Waals surface area contributed by atoms with Crippen molar-refractivity contribution in [3.05, 3.63) is 35.1 Å². The Bertz CT molecular complexity index is 726. The SMILES string of the molecule is COc1ccc(C=CC(O)=C2C(=O)CC(C)OC2=O)c(OC)c1OC. The largest absolute Gasteiger partial charge is 0.507 e. The number of methoxy groups -OCH3 is 3. The normalized spacial score (nSPS) is 19.6.